The standard InChI is InChI=1S/C21H19N5O2/c1-13-11-18(23-20-15(13)7-6-9-17(20)28-3)26-19(12-14(2)25-26)24-21(27)16-8-4-5-10-22-16/h4-12H,1-3H3,(H,24,27). The Balaban J connectivity index is 1.79. The Labute approximate surface area is 162 Å². The first-order valence-electron chi connectivity index (χ1n) is 8.80. The third kappa shape index (κ3) is 3.18. The molecule has 0 atom stereocenters. The average Bonchev–Trinajstić information content (AvgIpc) is 3.08. The highest BCUT2D eigenvalue weighted by Gasteiger charge is 2.16. The minimum absolute atomic E-state index is 0.308. The molecule has 0 aliphatic carbocycles. The van der Waals surface area contributed by atoms with Gasteiger partial charge < -0.3 is 10.1 Å². The molecular weight excluding hydrogens is 354 g/mol. The maximum absolute atomic E-state index is 12.5. The molecule has 0 aliphatic heterocycles. The number of carbonyl (C=O) groups excluding carboxylic acids is 1. The number of aromatic nitrogens is 4. The van der Waals surface area contributed by atoms with Crippen LogP contribution in [0.2, 0.25) is 0 Å². The van der Waals surface area contributed by atoms with Gasteiger partial charge in [0.1, 0.15) is 22.8 Å². The summed E-state index contributed by atoms with van der Waals surface area (Å²) in [4.78, 5) is 21.4. The lowest BCUT2D eigenvalue weighted by Gasteiger charge is -2.12. The summed E-state index contributed by atoms with van der Waals surface area (Å²) in [6, 6.07) is 14.7. The number of amides is 1. The highest BCUT2D eigenvalue weighted by molar-refractivity contribution is 6.02. The summed E-state index contributed by atoms with van der Waals surface area (Å²) in [5.41, 5.74) is 2.87. The summed E-state index contributed by atoms with van der Waals surface area (Å²) in [5, 5.41) is 8.38. The second kappa shape index (κ2) is 7.11. The zero-order valence-corrected chi connectivity index (χ0v) is 15.8. The number of anilines is 1. The molecule has 7 heteroatoms. The minimum Gasteiger partial charge on any atom is -0.494 e. The number of para-hydroxylation sites is 1. The molecule has 1 N–H and O–H groups in total. The zero-order chi connectivity index (χ0) is 19.7. The zero-order valence-electron chi connectivity index (χ0n) is 15.8. The lowest BCUT2D eigenvalue weighted by atomic mass is 10.1. The highest BCUT2D eigenvalue weighted by atomic mass is 16.5. The van der Waals surface area contributed by atoms with Gasteiger partial charge in [0.15, 0.2) is 5.82 Å². The number of methoxy groups -OCH3 is 1. The fraction of sp³-hybridized carbons (Fsp3) is 0.143. The molecule has 3 heterocycles. The molecule has 1 aromatic carbocycles. The molecule has 0 saturated heterocycles. The molecule has 1 amide bonds. The molecule has 0 fully saturated rings. The van der Waals surface area contributed by atoms with Gasteiger partial charge in [-0.25, -0.2) is 4.98 Å². The van der Waals surface area contributed by atoms with Gasteiger partial charge in [0, 0.05) is 17.6 Å². The van der Waals surface area contributed by atoms with E-state index in [9.17, 15) is 4.79 Å². The maximum Gasteiger partial charge on any atom is 0.275 e. The number of carbonyl (C=O) groups is 1. The number of aryl methyl sites for hydroxylation is 2. The number of benzene rings is 1. The number of nitrogens with zero attached hydrogens (tertiary/aromatic N) is 4. The average molecular weight is 373 g/mol. The van der Waals surface area contributed by atoms with Gasteiger partial charge in [-0.05, 0) is 43.7 Å². The van der Waals surface area contributed by atoms with E-state index in [4.69, 9.17) is 9.72 Å². The van der Waals surface area contributed by atoms with Gasteiger partial charge in [0.25, 0.3) is 5.91 Å². The summed E-state index contributed by atoms with van der Waals surface area (Å²) in [6.07, 6.45) is 1.58. The van der Waals surface area contributed by atoms with Crippen molar-refractivity contribution in [2.75, 3.05) is 12.4 Å². The van der Waals surface area contributed by atoms with Crippen LogP contribution in [0.4, 0.5) is 5.82 Å². The Morgan fingerprint density at radius 3 is 2.71 bits per heavy atom. The van der Waals surface area contributed by atoms with Gasteiger partial charge in [-0.3, -0.25) is 9.78 Å². The highest BCUT2D eigenvalue weighted by Crippen LogP contribution is 2.28. The molecule has 0 aliphatic rings. The Hall–Kier alpha value is -3.74. The van der Waals surface area contributed by atoms with E-state index in [1.165, 1.54) is 0 Å². The molecule has 0 saturated carbocycles. The molecule has 0 unspecified atom stereocenters. The van der Waals surface area contributed by atoms with Crippen LogP contribution in [0.15, 0.2) is 54.7 Å². The number of ether oxygens (including phenoxy) is 1. The number of rotatable bonds is 4. The molecule has 0 spiro atoms. The van der Waals surface area contributed by atoms with E-state index in [0.717, 1.165) is 22.2 Å². The van der Waals surface area contributed by atoms with Crippen LogP contribution >= 0.6 is 0 Å². The van der Waals surface area contributed by atoms with Crippen LogP contribution < -0.4 is 10.1 Å². The van der Waals surface area contributed by atoms with Crippen molar-refractivity contribution in [2.24, 2.45) is 0 Å². The smallest absolute Gasteiger partial charge is 0.275 e. The maximum atomic E-state index is 12.5. The predicted octanol–water partition coefficient (Wildman–Crippen LogP) is 3.69. The van der Waals surface area contributed by atoms with Crippen molar-refractivity contribution < 1.29 is 9.53 Å². The van der Waals surface area contributed by atoms with Gasteiger partial charge >= 0.3 is 0 Å². The molecular formula is C21H19N5O2. The SMILES string of the molecule is COc1cccc2c(C)cc(-n3nc(C)cc3NC(=O)c3ccccn3)nc12. The van der Waals surface area contributed by atoms with Crippen LogP contribution in [-0.2, 0) is 0 Å². The van der Waals surface area contributed by atoms with Crippen LogP contribution in [0.5, 0.6) is 5.75 Å². The first-order chi connectivity index (χ1) is 13.6. The summed E-state index contributed by atoms with van der Waals surface area (Å²) >= 11 is 0. The van der Waals surface area contributed by atoms with Crippen molar-refractivity contribution in [3.8, 4) is 11.6 Å². The second-order valence-electron chi connectivity index (χ2n) is 6.41. The number of pyridine rings is 2. The van der Waals surface area contributed by atoms with Crippen molar-refractivity contribution >= 4 is 22.6 Å². The lowest BCUT2D eigenvalue weighted by molar-refractivity contribution is 0.102. The molecule has 4 rings (SSSR count). The Morgan fingerprint density at radius 2 is 1.96 bits per heavy atom. The number of hydrogen-bond acceptors (Lipinski definition) is 5. The fourth-order valence-electron chi connectivity index (χ4n) is 3.09. The van der Waals surface area contributed by atoms with Crippen molar-refractivity contribution in [2.45, 2.75) is 13.8 Å². The number of fused-ring (bicyclic) bond motifs is 1. The fourth-order valence-corrected chi connectivity index (χ4v) is 3.09. The van der Waals surface area contributed by atoms with E-state index in [2.05, 4.69) is 15.4 Å². The van der Waals surface area contributed by atoms with Crippen molar-refractivity contribution in [1.82, 2.24) is 19.7 Å². The van der Waals surface area contributed by atoms with Gasteiger partial charge in [0.05, 0.1) is 12.8 Å². The Morgan fingerprint density at radius 1 is 1.11 bits per heavy atom. The first kappa shape index (κ1) is 17.7. The monoisotopic (exact) mass is 373 g/mol. The van der Waals surface area contributed by atoms with Gasteiger partial charge in [-0.1, -0.05) is 18.2 Å². The summed E-state index contributed by atoms with van der Waals surface area (Å²) in [5.74, 6) is 1.50. The lowest BCUT2D eigenvalue weighted by Crippen LogP contribution is -2.16. The van der Waals surface area contributed by atoms with Crippen molar-refractivity contribution in [3.05, 3.63) is 71.7 Å². The van der Waals surface area contributed by atoms with Crippen molar-refractivity contribution in [1.29, 1.82) is 0 Å². The summed E-state index contributed by atoms with van der Waals surface area (Å²) in [6.45, 7) is 3.87. The molecule has 4 aromatic rings. The largest absolute Gasteiger partial charge is 0.494 e. The van der Waals surface area contributed by atoms with E-state index in [-0.39, 0.29) is 5.91 Å². The minimum atomic E-state index is -0.308. The van der Waals surface area contributed by atoms with Crippen LogP contribution in [0.25, 0.3) is 16.7 Å². The quantitative estimate of drug-likeness (QED) is 0.590. The third-order valence-corrected chi connectivity index (χ3v) is 4.40. The van der Waals surface area contributed by atoms with Gasteiger partial charge in [-0.2, -0.15) is 9.78 Å². The van der Waals surface area contributed by atoms with E-state index >= 15 is 0 Å². The third-order valence-electron chi connectivity index (χ3n) is 4.40. The van der Waals surface area contributed by atoms with Crippen molar-refractivity contribution in [3.63, 3.8) is 0 Å². The number of hydrogen-bond donors (Lipinski definition) is 1. The molecule has 7 nitrogen and oxygen atoms in total. The topological polar surface area (TPSA) is 81.9 Å². The summed E-state index contributed by atoms with van der Waals surface area (Å²) < 4.78 is 7.08. The van der Waals surface area contributed by atoms with Gasteiger partial charge in [-0.15, -0.1) is 0 Å². The first-order valence-corrected chi connectivity index (χ1v) is 8.80. The predicted molar refractivity (Wildman–Crippen MR) is 107 cm³/mol. The second-order valence-corrected chi connectivity index (χ2v) is 6.41. The van der Waals surface area contributed by atoms with Crippen LogP contribution in [0, 0.1) is 13.8 Å². The van der Waals surface area contributed by atoms with Crippen LogP contribution in [-0.4, -0.2) is 32.8 Å². The van der Waals surface area contributed by atoms with E-state index in [1.54, 1.807) is 42.3 Å². The normalized spacial score (nSPS) is 10.8. The van der Waals surface area contributed by atoms with E-state index in [1.807, 2.05) is 38.1 Å². The van der Waals surface area contributed by atoms with Crippen LogP contribution in [0.3, 0.4) is 0 Å². The summed E-state index contributed by atoms with van der Waals surface area (Å²) in [7, 11) is 1.62. The molecule has 0 radical (unpaired) electrons. The van der Waals surface area contributed by atoms with Crippen LogP contribution in [0.1, 0.15) is 21.7 Å². The Kier molecular flexibility index (Phi) is 4.49. The van der Waals surface area contributed by atoms with E-state index in [0.29, 0.717) is 23.1 Å². The molecule has 0 bridgehead atoms. The molecule has 3 aromatic heterocycles. The molecule has 28 heavy (non-hydrogen) atoms. The van der Waals surface area contributed by atoms with Gasteiger partial charge in [0.2, 0.25) is 0 Å². The van der Waals surface area contributed by atoms with E-state index < -0.39 is 0 Å². The Bertz CT molecular complexity index is 1170. The molecule has 140 valence electrons. The number of nitrogens with one attached hydrogen (secondary N) is 1.